The Morgan fingerprint density at radius 2 is 2.12 bits per heavy atom. The quantitative estimate of drug-likeness (QED) is 0.738. The number of carbonyl (C=O) groups excluding carboxylic acids is 2. The number of nitrogens with zero attached hydrogens (tertiary/aromatic N) is 2. The van der Waals surface area contributed by atoms with E-state index in [-0.39, 0.29) is 24.2 Å². The molecule has 2 aromatic heterocycles. The lowest BCUT2D eigenvalue weighted by molar-refractivity contribution is 0.0921. The molecule has 26 heavy (non-hydrogen) atoms. The summed E-state index contributed by atoms with van der Waals surface area (Å²) in [6, 6.07) is 10.2. The summed E-state index contributed by atoms with van der Waals surface area (Å²) >= 11 is 6.04. The fourth-order valence-electron chi connectivity index (χ4n) is 3.09. The first kappa shape index (κ1) is 16.4. The normalized spacial score (nSPS) is 15.5. The maximum absolute atomic E-state index is 12.7. The van der Waals surface area contributed by atoms with E-state index >= 15 is 0 Å². The van der Waals surface area contributed by atoms with E-state index in [1.54, 1.807) is 16.7 Å². The number of hydrogen-bond donors (Lipinski definition) is 2. The van der Waals surface area contributed by atoms with Crippen LogP contribution in [0, 0.1) is 0 Å². The minimum Gasteiger partial charge on any atom is -0.475 e. The summed E-state index contributed by atoms with van der Waals surface area (Å²) in [5.41, 5.74) is 7.45. The van der Waals surface area contributed by atoms with Crippen LogP contribution in [-0.2, 0) is 7.05 Å². The van der Waals surface area contributed by atoms with Gasteiger partial charge in [0.05, 0.1) is 6.04 Å². The molecule has 2 amide bonds. The van der Waals surface area contributed by atoms with Gasteiger partial charge >= 0.3 is 0 Å². The van der Waals surface area contributed by atoms with Gasteiger partial charge in [-0.25, -0.2) is 4.98 Å². The number of hydrogen-bond acceptors (Lipinski definition) is 4. The first-order valence-electron chi connectivity index (χ1n) is 7.93. The second kappa shape index (κ2) is 6.03. The van der Waals surface area contributed by atoms with Crippen LogP contribution in [0.3, 0.4) is 0 Å². The standard InChI is InChI=1S/C18H15ClN4O3/c1-23-14-7-10(19)3-2-9(14)6-15(23)17(25)21-13-8-26-18-11(13)4-5-12(22-18)16(20)24/h2-7,13H,8H2,1H3,(H2,20,24)(H,21,25). The first-order chi connectivity index (χ1) is 12.4. The molecule has 1 aliphatic rings. The molecule has 1 aliphatic heterocycles. The molecule has 1 atom stereocenters. The SMILES string of the molecule is Cn1c(C(=O)NC2COc3nc(C(N)=O)ccc32)cc2ccc(Cl)cc21. The van der Waals surface area contributed by atoms with Crippen molar-refractivity contribution >= 4 is 34.3 Å². The van der Waals surface area contributed by atoms with E-state index in [2.05, 4.69) is 10.3 Å². The van der Waals surface area contributed by atoms with Crippen LogP contribution < -0.4 is 15.8 Å². The number of ether oxygens (including phenoxy) is 1. The van der Waals surface area contributed by atoms with Crippen molar-refractivity contribution in [3.63, 3.8) is 0 Å². The number of rotatable bonds is 3. The first-order valence-corrected chi connectivity index (χ1v) is 8.31. The highest BCUT2D eigenvalue weighted by Crippen LogP contribution is 2.31. The van der Waals surface area contributed by atoms with E-state index in [0.717, 1.165) is 10.9 Å². The Balaban J connectivity index is 1.61. The Labute approximate surface area is 153 Å². The maximum atomic E-state index is 12.7. The monoisotopic (exact) mass is 370 g/mol. The molecule has 7 nitrogen and oxygen atoms in total. The van der Waals surface area contributed by atoms with Gasteiger partial charge in [-0.2, -0.15) is 0 Å². The number of carbonyl (C=O) groups is 2. The zero-order chi connectivity index (χ0) is 18.4. The summed E-state index contributed by atoms with van der Waals surface area (Å²) < 4.78 is 7.28. The molecule has 132 valence electrons. The number of nitrogens with one attached hydrogen (secondary N) is 1. The summed E-state index contributed by atoms with van der Waals surface area (Å²) in [5, 5.41) is 4.48. The molecule has 8 heteroatoms. The fraction of sp³-hybridized carbons (Fsp3) is 0.167. The van der Waals surface area contributed by atoms with Gasteiger partial charge in [0.2, 0.25) is 5.88 Å². The highest BCUT2D eigenvalue weighted by molar-refractivity contribution is 6.31. The molecule has 3 aromatic rings. The van der Waals surface area contributed by atoms with E-state index in [4.69, 9.17) is 22.1 Å². The van der Waals surface area contributed by atoms with Crippen LogP contribution in [-0.4, -0.2) is 28.0 Å². The predicted molar refractivity (Wildman–Crippen MR) is 96.4 cm³/mol. The lowest BCUT2D eigenvalue weighted by atomic mass is 10.1. The minimum absolute atomic E-state index is 0.126. The Kier molecular flexibility index (Phi) is 3.81. The number of aromatic nitrogens is 2. The number of pyridine rings is 1. The van der Waals surface area contributed by atoms with Gasteiger partial charge in [-0.1, -0.05) is 17.7 Å². The number of amides is 2. The van der Waals surface area contributed by atoms with Crippen LogP contribution >= 0.6 is 11.6 Å². The summed E-state index contributed by atoms with van der Waals surface area (Å²) in [6.07, 6.45) is 0. The molecule has 1 unspecified atom stereocenters. The minimum atomic E-state index is -0.627. The molecule has 3 heterocycles. The Hall–Kier alpha value is -3.06. The summed E-state index contributed by atoms with van der Waals surface area (Å²) in [7, 11) is 1.81. The van der Waals surface area contributed by atoms with Crippen molar-refractivity contribution < 1.29 is 14.3 Å². The van der Waals surface area contributed by atoms with Gasteiger partial charge in [-0.15, -0.1) is 0 Å². The van der Waals surface area contributed by atoms with Crippen LogP contribution in [0.1, 0.15) is 32.6 Å². The van der Waals surface area contributed by atoms with Crippen molar-refractivity contribution in [1.29, 1.82) is 0 Å². The molecule has 0 spiro atoms. The fourth-order valence-corrected chi connectivity index (χ4v) is 3.26. The maximum Gasteiger partial charge on any atom is 0.268 e. The van der Waals surface area contributed by atoms with Crippen molar-refractivity contribution in [1.82, 2.24) is 14.9 Å². The van der Waals surface area contributed by atoms with E-state index < -0.39 is 5.91 Å². The van der Waals surface area contributed by atoms with Gasteiger partial charge in [0.1, 0.15) is 18.0 Å². The highest BCUT2D eigenvalue weighted by Gasteiger charge is 2.28. The number of fused-ring (bicyclic) bond motifs is 2. The van der Waals surface area contributed by atoms with Crippen LogP contribution in [0.25, 0.3) is 10.9 Å². The molecule has 0 bridgehead atoms. The van der Waals surface area contributed by atoms with Gasteiger partial charge < -0.3 is 20.4 Å². The third kappa shape index (κ3) is 2.66. The van der Waals surface area contributed by atoms with Crippen LogP contribution in [0.5, 0.6) is 5.88 Å². The average Bonchev–Trinajstić information content (AvgIpc) is 3.16. The van der Waals surface area contributed by atoms with E-state index in [1.165, 1.54) is 6.07 Å². The molecule has 0 fully saturated rings. The van der Waals surface area contributed by atoms with Crippen molar-refractivity contribution in [3.05, 3.63) is 58.4 Å². The molecule has 0 saturated heterocycles. The number of halogens is 1. The predicted octanol–water partition coefficient (Wildman–Crippen LogP) is 2.19. The van der Waals surface area contributed by atoms with Gasteiger partial charge in [-0.3, -0.25) is 9.59 Å². The van der Waals surface area contributed by atoms with Crippen LogP contribution in [0.4, 0.5) is 0 Å². The van der Waals surface area contributed by atoms with Crippen LogP contribution in [0.15, 0.2) is 36.4 Å². The summed E-state index contributed by atoms with van der Waals surface area (Å²) in [5.74, 6) is -0.547. The Morgan fingerprint density at radius 1 is 1.31 bits per heavy atom. The molecule has 0 saturated carbocycles. The van der Waals surface area contributed by atoms with Crippen molar-refractivity contribution in [2.24, 2.45) is 12.8 Å². The average molecular weight is 371 g/mol. The highest BCUT2D eigenvalue weighted by atomic mass is 35.5. The third-order valence-electron chi connectivity index (χ3n) is 4.45. The molecular formula is C18H15ClN4O3. The second-order valence-corrected chi connectivity index (χ2v) is 6.52. The third-order valence-corrected chi connectivity index (χ3v) is 4.68. The van der Waals surface area contributed by atoms with Crippen molar-refractivity contribution in [2.75, 3.05) is 6.61 Å². The number of primary amides is 1. The topological polar surface area (TPSA) is 99.2 Å². The number of nitrogens with two attached hydrogens (primary N) is 1. The summed E-state index contributed by atoms with van der Waals surface area (Å²) in [6.45, 7) is 0.242. The summed E-state index contributed by atoms with van der Waals surface area (Å²) in [4.78, 5) is 28.0. The second-order valence-electron chi connectivity index (χ2n) is 6.08. The number of aryl methyl sites for hydroxylation is 1. The van der Waals surface area contributed by atoms with Crippen LogP contribution in [0.2, 0.25) is 5.02 Å². The van der Waals surface area contributed by atoms with Gasteiger partial charge in [0.25, 0.3) is 11.8 Å². The van der Waals surface area contributed by atoms with E-state index in [0.29, 0.717) is 22.2 Å². The molecular weight excluding hydrogens is 356 g/mol. The van der Waals surface area contributed by atoms with Gasteiger partial charge in [0.15, 0.2) is 0 Å². The largest absolute Gasteiger partial charge is 0.475 e. The Morgan fingerprint density at radius 3 is 2.88 bits per heavy atom. The molecule has 0 radical (unpaired) electrons. The van der Waals surface area contributed by atoms with Gasteiger partial charge in [-0.05, 0) is 30.3 Å². The number of benzene rings is 1. The van der Waals surface area contributed by atoms with Gasteiger partial charge in [0, 0.05) is 28.5 Å². The van der Waals surface area contributed by atoms with Crippen molar-refractivity contribution in [2.45, 2.75) is 6.04 Å². The van der Waals surface area contributed by atoms with E-state index in [1.807, 2.05) is 25.2 Å². The van der Waals surface area contributed by atoms with E-state index in [9.17, 15) is 9.59 Å². The smallest absolute Gasteiger partial charge is 0.268 e. The zero-order valence-corrected chi connectivity index (χ0v) is 14.6. The van der Waals surface area contributed by atoms with Crippen molar-refractivity contribution in [3.8, 4) is 5.88 Å². The molecule has 4 rings (SSSR count). The molecule has 1 aromatic carbocycles. The zero-order valence-electron chi connectivity index (χ0n) is 13.8. The Bertz CT molecular complexity index is 1060. The lowest BCUT2D eigenvalue weighted by Gasteiger charge is -2.12. The molecule has 0 aliphatic carbocycles. The lowest BCUT2D eigenvalue weighted by Crippen LogP contribution is -2.30. The molecule has 3 N–H and O–H groups in total.